The van der Waals surface area contributed by atoms with Gasteiger partial charge in [-0.1, -0.05) is 20.8 Å². The van der Waals surface area contributed by atoms with Crippen molar-refractivity contribution in [2.24, 2.45) is 0 Å². The maximum Gasteiger partial charge on any atom is 0.129 e. The standard InChI is InChI=1S/C17H30N4/c1-6-16-9-15(11-18-13(2)3)10-17(19-16)21-8-7-20(5)12-14(21)4/h9-10,13-14,18H,6-8,11-12H2,1-5H3. The molecule has 1 aliphatic rings. The fourth-order valence-corrected chi connectivity index (χ4v) is 2.87. The largest absolute Gasteiger partial charge is 0.351 e. The molecule has 0 radical (unpaired) electrons. The summed E-state index contributed by atoms with van der Waals surface area (Å²) in [7, 11) is 2.20. The molecule has 1 fully saturated rings. The summed E-state index contributed by atoms with van der Waals surface area (Å²) in [4.78, 5) is 9.71. The number of aryl methyl sites for hydroxylation is 1. The summed E-state index contributed by atoms with van der Waals surface area (Å²) in [6.07, 6.45) is 0.991. The van der Waals surface area contributed by atoms with Gasteiger partial charge in [0.2, 0.25) is 0 Å². The van der Waals surface area contributed by atoms with E-state index >= 15 is 0 Å². The average Bonchev–Trinajstić information content (AvgIpc) is 2.44. The monoisotopic (exact) mass is 290 g/mol. The molecule has 1 aromatic rings. The molecule has 0 aromatic carbocycles. The third kappa shape index (κ3) is 4.42. The van der Waals surface area contributed by atoms with E-state index in [1.165, 1.54) is 11.3 Å². The van der Waals surface area contributed by atoms with Crippen molar-refractivity contribution in [2.75, 3.05) is 31.6 Å². The summed E-state index contributed by atoms with van der Waals surface area (Å²) in [6.45, 7) is 13.1. The Bertz CT molecular complexity index is 458. The van der Waals surface area contributed by atoms with Crippen LogP contribution in [-0.4, -0.2) is 48.6 Å². The van der Waals surface area contributed by atoms with E-state index < -0.39 is 0 Å². The first kappa shape index (κ1) is 16.2. The van der Waals surface area contributed by atoms with Crippen LogP contribution in [0.25, 0.3) is 0 Å². The quantitative estimate of drug-likeness (QED) is 0.901. The SMILES string of the molecule is CCc1cc(CNC(C)C)cc(N2CCN(C)CC2C)n1. The molecular weight excluding hydrogens is 260 g/mol. The maximum atomic E-state index is 4.86. The molecular formula is C17H30N4. The lowest BCUT2D eigenvalue weighted by molar-refractivity contribution is 0.274. The van der Waals surface area contributed by atoms with Gasteiger partial charge in [-0.05, 0) is 38.1 Å². The second-order valence-electron chi connectivity index (χ2n) is 6.52. The average molecular weight is 290 g/mol. The van der Waals surface area contributed by atoms with Crippen LogP contribution in [0.2, 0.25) is 0 Å². The zero-order chi connectivity index (χ0) is 15.4. The molecule has 2 heterocycles. The molecule has 0 spiro atoms. The summed E-state index contributed by atoms with van der Waals surface area (Å²) < 4.78 is 0. The normalized spacial score (nSPS) is 20.3. The van der Waals surface area contributed by atoms with Crippen molar-refractivity contribution in [3.63, 3.8) is 0 Å². The van der Waals surface area contributed by atoms with E-state index in [1.807, 2.05) is 0 Å². The van der Waals surface area contributed by atoms with E-state index in [2.05, 4.69) is 62.0 Å². The van der Waals surface area contributed by atoms with Crippen LogP contribution >= 0.6 is 0 Å². The van der Waals surface area contributed by atoms with Gasteiger partial charge in [-0.15, -0.1) is 0 Å². The van der Waals surface area contributed by atoms with Gasteiger partial charge in [-0.2, -0.15) is 0 Å². The molecule has 1 N–H and O–H groups in total. The van der Waals surface area contributed by atoms with E-state index in [9.17, 15) is 0 Å². The van der Waals surface area contributed by atoms with E-state index in [0.29, 0.717) is 12.1 Å². The van der Waals surface area contributed by atoms with Crippen molar-refractivity contribution >= 4 is 5.82 Å². The molecule has 2 rings (SSSR count). The molecule has 1 saturated heterocycles. The van der Waals surface area contributed by atoms with Crippen LogP contribution in [0.5, 0.6) is 0 Å². The van der Waals surface area contributed by atoms with Gasteiger partial charge in [0, 0.05) is 44.0 Å². The number of pyridine rings is 1. The smallest absolute Gasteiger partial charge is 0.129 e. The Morgan fingerprint density at radius 1 is 1.33 bits per heavy atom. The fourth-order valence-electron chi connectivity index (χ4n) is 2.87. The predicted octanol–water partition coefficient (Wildman–Crippen LogP) is 2.28. The lowest BCUT2D eigenvalue weighted by atomic mass is 10.1. The molecule has 4 heteroatoms. The van der Waals surface area contributed by atoms with Crippen molar-refractivity contribution < 1.29 is 0 Å². The van der Waals surface area contributed by atoms with Crippen LogP contribution in [0, 0.1) is 0 Å². The molecule has 1 aliphatic heterocycles. The van der Waals surface area contributed by atoms with Gasteiger partial charge >= 0.3 is 0 Å². The van der Waals surface area contributed by atoms with Gasteiger partial charge in [0.25, 0.3) is 0 Å². The van der Waals surface area contributed by atoms with Gasteiger partial charge in [0.1, 0.15) is 5.82 Å². The van der Waals surface area contributed by atoms with E-state index in [0.717, 1.165) is 38.4 Å². The number of likely N-dealkylation sites (N-methyl/N-ethyl adjacent to an activating group) is 1. The van der Waals surface area contributed by atoms with Crippen LogP contribution < -0.4 is 10.2 Å². The maximum absolute atomic E-state index is 4.86. The molecule has 1 aromatic heterocycles. The summed E-state index contributed by atoms with van der Waals surface area (Å²) in [6, 6.07) is 5.53. The summed E-state index contributed by atoms with van der Waals surface area (Å²) in [5.74, 6) is 1.15. The topological polar surface area (TPSA) is 31.4 Å². The molecule has 0 aliphatic carbocycles. The molecule has 1 atom stereocenters. The third-order valence-electron chi connectivity index (χ3n) is 4.13. The van der Waals surface area contributed by atoms with Crippen molar-refractivity contribution in [3.05, 3.63) is 23.4 Å². The van der Waals surface area contributed by atoms with E-state index in [4.69, 9.17) is 4.98 Å². The lowest BCUT2D eigenvalue weighted by Gasteiger charge is -2.39. The van der Waals surface area contributed by atoms with Crippen molar-refractivity contribution in [1.29, 1.82) is 0 Å². The second kappa shape index (κ2) is 7.23. The highest BCUT2D eigenvalue weighted by Gasteiger charge is 2.23. The zero-order valence-electron chi connectivity index (χ0n) is 14.2. The highest BCUT2D eigenvalue weighted by atomic mass is 15.3. The molecule has 21 heavy (non-hydrogen) atoms. The number of nitrogens with zero attached hydrogens (tertiary/aromatic N) is 3. The van der Waals surface area contributed by atoms with Crippen molar-refractivity contribution in [3.8, 4) is 0 Å². The van der Waals surface area contributed by atoms with Crippen LogP contribution in [0.1, 0.15) is 39.0 Å². The minimum absolute atomic E-state index is 0.509. The Balaban J connectivity index is 2.19. The van der Waals surface area contributed by atoms with E-state index in [-0.39, 0.29) is 0 Å². The first-order valence-electron chi connectivity index (χ1n) is 8.18. The van der Waals surface area contributed by atoms with Crippen LogP contribution in [0.3, 0.4) is 0 Å². The first-order chi connectivity index (χ1) is 9.99. The molecule has 0 amide bonds. The number of piperazine rings is 1. The van der Waals surface area contributed by atoms with Gasteiger partial charge in [0.05, 0.1) is 0 Å². The van der Waals surface area contributed by atoms with E-state index in [1.54, 1.807) is 0 Å². The Hall–Kier alpha value is -1.13. The lowest BCUT2D eigenvalue weighted by Crippen LogP contribution is -2.50. The summed E-state index contributed by atoms with van der Waals surface area (Å²) >= 11 is 0. The van der Waals surface area contributed by atoms with Gasteiger partial charge in [0.15, 0.2) is 0 Å². The number of hydrogen-bond donors (Lipinski definition) is 1. The highest BCUT2D eigenvalue weighted by molar-refractivity contribution is 5.44. The minimum Gasteiger partial charge on any atom is -0.351 e. The molecule has 1 unspecified atom stereocenters. The summed E-state index contributed by atoms with van der Waals surface area (Å²) in [5, 5.41) is 3.51. The van der Waals surface area contributed by atoms with Crippen molar-refractivity contribution in [2.45, 2.75) is 52.7 Å². The third-order valence-corrected chi connectivity index (χ3v) is 4.13. The minimum atomic E-state index is 0.509. The Kier molecular flexibility index (Phi) is 5.59. The first-order valence-corrected chi connectivity index (χ1v) is 8.18. The molecule has 0 bridgehead atoms. The van der Waals surface area contributed by atoms with Crippen molar-refractivity contribution in [1.82, 2.24) is 15.2 Å². The highest BCUT2D eigenvalue weighted by Crippen LogP contribution is 2.20. The number of anilines is 1. The predicted molar refractivity (Wildman–Crippen MR) is 89.9 cm³/mol. The number of rotatable bonds is 5. The van der Waals surface area contributed by atoms with Gasteiger partial charge in [-0.25, -0.2) is 4.98 Å². The van der Waals surface area contributed by atoms with Gasteiger partial charge in [-0.3, -0.25) is 0 Å². The summed E-state index contributed by atoms with van der Waals surface area (Å²) in [5.41, 5.74) is 2.54. The van der Waals surface area contributed by atoms with Crippen LogP contribution in [-0.2, 0) is 13.0 Å². The number of nitrogens with one attached hydrogen (secondary N) is 1. The Morgan fingerprint density at radius 2 is 2.10 bits per heavy atom. The van der Waals surface area contributed by atoms with Gasteiger partial charge < -0.3 is 15.1 Å². The molecule has 0 saturated carbocycles. The van der Waals surface area contributed by atoms with Crippen LogP contribution in [0.15, 0.2) is 12.1 Å². The Labute approximate surface area is 129 Å². The molecule has 4 nitrogen and oxygen atoms in total. The number of aromatic nitrogens is 1. The fraction of sp³-hybridized carbons (Fsp3) is 0.706. The second-order valence-corrected chi connectivity index (χ2v) is 6.52. The molecule has 118 valence electrons. The van der Waals surface area contributed by atoms with Crippen LogP contribution in [0.4, 0.5) is 5.82 Å². The number of hydrogen-bond acceptors (Lipinski definition) is 4. The zero-order valence-corrected chi connectivity index (χ0v) is 14.2. The Morgan fingerprint density at radius 3 is 2.71 bits per heavy atom.